The van der Waals surface area contributed by atoms with Gasteiger partial charge in [0.05, 0.1) is 18.3 Å². The zero-order valence-corrected chi connectivity index (χ0v) is 14.0. The Kier molecular flexibility index (Phi) is 3.76. The van der Waals surface area contributed by atoms with Crippen molar-refractivity contribution in [3.63, 3.8) is 0 Å². The molecule has 0 atom stereocenters. The van der Waals surface area contributed by atoms with Gasteiger partial charge in [-0.25, -0.2) is 15.0 Å². The molecule has 0 N–H and O–H groups in total. The van der Waals surface area contributed by atoms with Gasteiger partial charge in [0.15, 0.2) is 5.82 Å². The second kappa shape index (κ2) is 6.08. The molecule has 4 aromatic rings. The van der Waals surface area contributed by atoms with E-state index in [1.807, 2.05) is 16.8 Å². The Morgan fingerprint density at radius 3 is 2.80 bits per heavy atom. The minimum Gasteiger partial charge on any atom is -0.324 e. The van der Waals surface area contributed by atoms with Gasteiger partial charge in [-0.1, -0.05) is 6.07 Å². The molecule has 0 saturated heterocycles. The van der Waals surface area contributed by atoms with Gasteiger partial charge in [-0.3, -0.25) is 4.98 Å². The van der Waals surface area contributed by atoms with Crippen LogP contribution in [0.15, 0.2) is 49.1 Å². The Labute approximate surface area is 144 Å². The third-order valence-electron chi connectivity index (χ3n) is 4.05. The maximum Gasteiger partial charge on any atom is 0.213 e. The monoisotopic (exact) mass is 336 g/mol. The van der Waals surface area contributed by atoms with Gasteiger partial charge in [-0.2, -0.15) is 4.39 Å². The Bertz CT molecular complexity index is 1030. The zero-order chi connectivity index (χ0) is 17.4. The standard InChI is InChI=1S/C18H17FN6/c1-12(2)25-15-6-7-20-10-14(15)23-17(25)11-24-9-8-21-18(24)13-4-3-5-16(19)22-13/h3-10,12H,11H2,1-2H3. The van der Waals surface area contributed by atoms with Crippen molar-refractivity contribution in [2.45, 2.75) is 26.4 Å². The lowest BCUT2D eigenvalue weighted by atomic mass is 10.3. The summed E-state index contributed by atoms with van der Waals surface area (Å²) in [5.41, 5.74) is 2.40. The molecule has 0 fully saturated rings. The van der Waals surface area contributed by atoms with Gasteiger partial charge < -0.3 is 9.13 Å². The van der Waals surface area contributed by atoms with Crippen molar-refractivity contribution in [1.82, 2.24) is 29.1 Å². The number of hydrogen-bond donors (Lipinski definition) is 0. The molecule has 0 amide bonds. The summed E-state index contributed by atoms with van der Waals surface area (Å²) in [5, 5.41) is 0. The number of pyridine rings is 2. The van der Waals surface area contributed by atoms with Crippen LogP contribution in [0.3, 0.4) is 0 Å². The predicted octanol–water partition coefficient (Wildman–Crippen LogP) is 3.46. The van der Waals surface area contributed by atoms with E-state index in [0.717, 1.165) is 16.9 Å². The molecule has 0 aromatic carbocycles. The van der Waals surface area contributed by atoms with E-state index in [0.29, 0.717) is 18.1 Å². The van der Waals surface area contributed by atoms with Crippen LogP contribution in [0, 0.1) is 5.95 Å². The summed E-state index contributed by atoms with van der Waals surface area (Å²) in [6.07, 6.45) is 7.07. The van der Waals surface area contributed by atoms with Crippen molar-refractivity contribution in [1.29, 1.82) is 0 Å². The van der Waals surface area contributed by atoms with E-state index in [4.69, 9.17) is 4.98 Å². The first-order chi connectivity index (χ1) is 12.1. The lowest BCUT2D eigenvalue weighted by molar-refractivity contribution is 0.567. The maximum atomic E-state index is 13.5. The highest BCUT2D eigenvalue weighted by molar-refractivity contribution is 5.74. The quantitative estimate of drug-likeness (QED) is 0.536. The first kappa shape index (κ1) is 15.4. The normalized spacial score (nSPS) is 11.5. The Morgan fingerprint density at radius 1 is 1.12 bits per heavy atom. The predicted molar refractivity (Wildman–Crippen MR) is 92.4 cm³/mol. The van der Waals surface area contributed by atoms with Crippen molar-refractivity contribution >= 4 is 11.0 Å². The lowest BCUT2D eigenvalue weighted by Crippen LogP contribution is -2.11. The molecule has 0 bridgehead atoms. The summed E-state index contributed by atoms with van der Waals surface area (Å²) in [4.78, 5) is 17.1. The Morgan fingerprint density at radius 2 is 2.00 bits per heavy atom. The van der Waals surface area contributed by atoms with Crippen LogP contribution >= 0.6 is 0 Å². The third kappa shape index (κ3) is 2.77. The molecule has 0 aliphatic carbocycles. The average Bonchev–Trinajstić information content (AvgIpc) is 3.19. The van der Waals surface area contributed by atoms with Gasteiger partial charge in [-0.15, -0.1) is 0 Å². The Balaban J connectivity index is 1.78. The number of fused-ring (bicyclic) bond motifs is 1. The van der Waals surface area contributed by atoms with Gasteiger partial charge in [-0.05, 0) is 32.0 Å². The van der Waals surface area contributed by atoms with Crippen LogP contribution in [0.4, 0.5) is 4.39 Å². The van der Waals surface area contributed by atoms with E-state index in [2.05, 4.69) is 33.4 Å². The van der Waals surface area contributed by atoms with Gasteiger partial charge in [0.1, 0.15) is 17.0 Å². The second-order valence-electron chi connectivity index (χ2n) is 6.08. The largest absolute Gasteiger partial charge is 0.324 e. The van der Waals surface area contributed by atoms with E-state index in [-0.39, 0.29) is 6.04 Å². The van der Waals surface area contributed by atoms with Gasteiger partial charge in [0.2, 0.25) is 5.95 Å². The second-order valence-corrected chi connectivity index (χ2v) is 6.08. The fourth-order valence-corrected chi connectivity index (χ4v) is 3.04. The number of hydrogen-bond acceptors (Lipinski definition) is 4. The number of nitrogens with zero attached hydrogens (tertiary/aromatic N) is 6. The molecule has 0 spiro atoms. The first-order valence-electron chi connectivity index (χ1n) is 8.08. The molecule has 0 saturated carbocycles. The van der Waals surface area contributed by atoms with E-state index in [1.165, 1.54) is 6.07 Å². The minimum atomic E-state index is -0.521. The zero-order valence-electron chi connectivity index (χ0n) is 14.0. The van der Waals surface area contributed by atoms with Crippen LogP contribution in [0.2, 0.25) is 0 Å². The van der Waals surface area contributed by atoms with Crippen LogP contribution in [-0.4, -0.2) is 29.1 Å². The summed E-state index contributed by atoms with van der Waals surface area (Å²) in [7, 11) is 0. The van der Waals surface area contributed by atoms with E-state index >= 15 is 0 Å². The van der Waals surface area contributed by atoms with Crippen molar-refractivity contribution in [2.24, 2.45) is 0 Å². The molecule has 0 aliphatic rings. The highest BCUT2D eigenvalue weighted by atomic mass is 19.1. The number of halogens is 1. The molecular formula is C18H17FN6. The highest BCUT2D eigenvalue weighted by Crippen LogP contribution is 2.22. The molecule has 0 radical (unpaired) electrons. The summed E-state index contributed by atoms with van der Waals surface area (Å²) in [6, 6.07) is 6.92. The smallest absolute Gasteiger partial charge is 0.213 e. The fraction of sp³-hybridized carbons (Fsp3) is 0.222. The van der Waals surface area contributed by atoms with Crippen LogP contribution < -0.4 is 0 Å². The molecular weight excluding hydrogens is 319 g/mol. The molecule has 0 aliphatic heterocycles. The van der Waals surface area contributed by atoms with Crippen molar-refractivity contribution < 1.29 is 4.39 Å². The van der Waals surface area contributed by atoms with Crippen LogP contribution in [0.1, 0.15) is 25.7 Å². The molecule has 0 unspecified atom stereocenters. The highest BCUT2D eigenvalue weighted by Gasteiger charge is 2.16. The van der Waals surface area contributed by atoms with Crippen molar-refractivity contribution in [3.05, 3.63) is 60.8 Å². The van der Waals surface area contributed by atoms with Gasteiger partial charge in [0, 0.05) is 24.6 Å². The SMILES string of the molecule is CC(C)n1c(Cn2ccnc2-c2cccc(F)n2)nc2cnccc21. The molecule has 4 aromatic heterocycles. The van der Waals surface area contributed by atoms with Gasteiger partial charge in [0.25, 0.3) is 0 Å². The minimum absolute atomic E-state index is 0.252. The summed E-state index contributed by atoms with van der Waals surface area (Å²) >= 11 is 0. The van der Waals surface area contributed by atoms with Crippen molar-refractivity contribution in [2.75, 3.05) is 0 Å². The third-order valence-corrected chi connectivity index (χ3v) is 4.05. The van der Waals surface area contributed by atoms with E-state index < -0.39 is 5.95 Å². The summed E-state index contributed by atoms with van der Waals surface area (Å²) in [5.74, 6) is 0.987. The van der Waals surface area contributed by atoms with Crippen LogP contribution in [0.25, 0.3) is 22.6 Å². The Hall–Kier alpha value is -3.09. The van der Waals surface area contributed by atoms with Crippen LogP contribution in [-0.2, 0) is 6.54 Å². The van der Waals surface area contributed by atoms with Crippen molar-refractivity contribution in [3.8, 4) is 11.5 Å². The molecule has 4 heterocycles. The first-order valence-corrected chi connectivity index (χ1v) is 8.08. The number of imidazole rings is 2. The molecule has 25 heavy (non-hydrogen) atoms. The van der Waals surface area contributed by atoms with E-state index in [1.54, 1.807) is 30.7 Å². The van der Waals surface area contributed by atoms with E-state index in [9.17, 15) is 4.39 Å². The molecule has 4 rings (SSSR count). The topological polar surface area (TPSA) is 61.4 Å². The molecule has 6 nitrogen and oxygen atoms in total. The average molecular weight is 336 g/mol. The lowest BCUT2D eigenvalue weighted by Gasteiger charge is -2.14. The maximum absolute atomic E-state index is 13.5. The van der Waals surface area contributed by atoms with Crippen LogP contribution in [0.5, 0.6) is 0 Å². The molecule has 126 valence electrons. The fourth-order valence-electron chi connectivity index (χ4n) is 3.04. The molecule has 7 heteroatoms. The number of aromatic nitrogens is 6. The number of rotatable bonds is 4. The van der Waals surface area contributed by atoms with Gasteiger partial charge >= 0.3 is 0 Å². The summed E-state index contributed by atoms with van der Waals surface area (Å²) < 4.78 is 17.6. The summed E-state index contributed by atoms with van der Waals surface area (Å²) in [6.45, 7) is 4.75.